The van der Waals surface area contributed by atoms with Crippen LogP contribution in [0.2, 0.25) is 0 Å². The number of hydrogen-bond donors (Lipinski definition) is 2. The van der Waals surface area contributed by atoms with Gasteiger partial charge in [-0.15, -0.1) is 11.3 Å². The molecule has 11 heteroatoms. The van der Waals surface area contributed by atoms with Crippen LogP contribution in [0.4, 0.5) is 19.5 Å². The van der Waals surface area contributed by atoms with Crippen molar-refractivity contribution in [2.45, 2.75) is 34.3 Å². The van der Waals surface area contributed by atoms with Crippen molar-refractivity contribution in [3.63, 3.8) is 0 Å². The molecule has 1 amide bonds. The molecule has 0 unspecified atom stereocenters. The van der Waals surface area contributed by atoms with Crippen molar-refractivity contribution in [1.82, 2.24) is 4.90 Å². The fraction of sp³-hybridized carbons (Fsp3) is 0.381. The third-order valence-electron chi connectivity index (χ3n) is 4.68. The van der Waals surface area contributed by atoms with E-state index in [4.69, 9.17) is 17.0 Å². The molecule has 1 heterocycles. The van der Waals surface area contributed by atoms with Crippen molar-refractivity contribution >= 4 is 51.2 Å². The van der Waals surface area contributed by atoms with Crippen molar-refractivity contribution in [1.29, 1.82) is 0 Å². The van der Waals surface area contributed by atoms with E-state index in [1.54, 1.807) is 24.8 Å². The number of carbonyl (C=O) groups is 2. The number of ether oxygens (including phenoxy) is 2. The molecule has 1 aromatic heterocycles. The number of thiocarbonyl (C=S) groups is 1. The number of halogens is 2. The van der Waals surface area contributed by atoms with Crippen LogP contribution in [0.15, 0.2) is 18.2 Å². The van der Waals surface area contributed by atoms with Crippen molar-refractivity contribution in [3.05, 3.63) is 39.8 Å². The van der Waals surface area contributed by atoms with Gasteiger partial charge in [0, 0.05) is 18.8 Å². The highest BCUT2D eigenvalue weighted by Gasteiger charge is 2.27. The fourth-order valence-electron chi connectivity index (χ4n) is 3.02. The molecule has 0 spiro atoms. The number of carbonyl (C=O) groups excluding carboxylic acids is 2. The average molecular weight is 486 g/mol. The number of thiophene rings is 1. The summed E-state index contributed by atoms with van der Waals surface area (Å²) in [6.45, 7) is 5.31. The van der Waals surface area contributed by atoms with E-state index < -0.39 is 12.6 Å². The normalized spacial score (nSPS) is 10.6. The smallest absolute Gasteiger partial charge is 0.387 e. The van der Waals surface area contributed by atoms with E-state index >= 15 is 0 Å². The molecule has 0 saturated carbocycles. The third-order valence-corrected chi connectivity index (χ3v) is 6.08. The van der Waals surface area contributed by atoms with Crippen LogP contribution in [0.5, 0.6) is 5.75 Å². The zero-order valence-corrected chi connectivity index (χ0v) is 20.0. The third kappa shape index (κ3) is 5.92. The van der Waals surface area contributed by atoms with Crippen LogP contribution in [0.25, 0.3) is 0 Å². The molecule has 0 atom stereocenters. The molecule has 0 aliphatic carbocycles. The first-order chi connectivity index (χ1) is 15.1. The number of hydrogen-bond acceptors (Lipinski definition) is 6. The minimum atomic E-state index is -2.91. The number of esters is 1. The first kappa shape index (κ1) is 25.5. The Balaban J connectivity index is 2.29. The summed E-state index contributed by atoms with van der Waals surface area (Å²) in [5.41, 5.74) is 1.93. The van der Waals surface area contributed by atoms with Crippen LogP contribution in [0.3, 0.4) is 0 Å². The summed E-state index contributed by atoms with van der Waals surface area (Å²) in [4.78, 5) is 27.4. The molecule has 174 valence electrons. The van der Waals surface area contributed by atoms with Crippen LogP contribution in [-0.4, -0.2) is 48.7 Å². The van der Waals surface area contributed by atoms with Gasteiger partial charge in [0.2, 0.25) is 0 Å². The number of benzene rings is 1. The van der Waals surface area contributed by atoms with Crippen molar-refractivity contribution in [3.8, 4) is 5.75 Å². The fourth-order valence-corrected chi connectivity index (χ4v) is 4.46. The Labute approximate surface area is 194 Å². The Morgan fingerprint density at radius 3 is 2.38 bits per heavy atom. The molecule has 0 radical (unpaired) electrons. The van der Waals surface area contributed by atoms with Gasteiger partial charge in [-0.2, -0.15) is 8.78 Å². The van der Waals surface area contributed by atoms with Gasteiger partial charge in [-0.05, 0) is 69.2 Å². The Bertz CT molecular complexity index is 1010. The maximum Gasteiger partial charge on any atom is 0.387 e. The van der Waals surface area contributed by atoms with Crippen LogP contribution in [-0.2, 0) is 4.74 Å². The molecule has 2 aromatic rings. The maximum absolute atomic E-state index is 12.9. The van der Waals surface area contributed by atoms with E-state index in [0.717, 1.165) is 11.3 Å². The Morgan fingerprint density at radius 2 is 1.84 bits per heavy atom. The molecule has 0 aliphatic rings. The lowest BCUT2D eigenvalue weighted by atomic mass is 10.1. The minimum Gasteiger partial charge on any atom is -0.465 e. The summed E-state index contributed by atoms with van der Waals surface area (Å²) in [6.07, 6.45) is 0. The van der Waals surface area contributed by atoms with E-state index in [0.29, 0.717) is 39.8 Å². The number of rotatable bonds is 8. The van der Waals surface area contributed by atoms with Crippen LogP contribution in [0.1, 0.15) is 45.0 Å². The molecule has 1 aromatic carbocycles. The van der Waals surface area contributed by atoms with Crippen LogP contribution >= 0.6 is 23.6 Å². The molecular weight excluding hydrogens is 460 g/mol. The topological polar surface area (TPSA) is 79.9 Å². The lowest BCUT2D eigenvalue weighted by molar-refractivity contribution is -0.0498. The van der Waals surface area contributed by atoms with Crippen LogP contribution in [0, 0.1) is 13.8 Å². The van der Waals surface area contributed by atoms with Gasteiger partial charge in [0.1, 0.15) is 10.8 Å². The zero-order chi connectivity index (χ0) is 24.0. The largest absolute Gasteiger partial charge is 0.465 e. The second kappa shape index (κ2) is 11.2. The minimum absolute atomic E-state index is 0.0309. The summed E-state index contributed by atoms with van der Waals surface area (Å²) in [5, 5.41) is 6.45. The number of nitrogens with one attached hydrogen (secondary N) is 2. The van der Waals surface area contributed by atoms with Gasteiger partial charge in [-0.25, -0.2) is 4.79 Å². The molecule has 0 bridgehead atoms. The predicted octanol–water partition coefficient (Wildman–Crippen LogP) is 5.04. The zero-order valence-electron chi connectivity index (χ0n) is 18.4. The number of anilines is 2. The second-order valence-corrected chi connectivity index (χ2v) is 8.09. The highest BCUT2D eigenvalue weighted by atomic mass is 32.1. The van der Waals surface area contributed by atoms with Crippen LogP contribution < -0.4 is 15.4 Å². The summed E-state index contributed by atoms with van der Waals surface area (Å²) in [7, 11) is 1.26. The first-order valence-electron chi connectivity index (χ1n) is 9.77. The molecule has 0 saturated heterocycles. The molecule has 2 N–H and O–H groups in total. The SMILES string of the molecule is CCN(CC)C(=O)c1sc(NC(=S)Nc2ccc(OC(F)F)cc2C)c(C(=O)OC)c1C. The van der Waals surface area contributed by atoms with Gasteiger partial charge >= 0.3 is 12.6 Å². The van der Waals surface area contributed by atoms with Gasteiger partial charge in [-0.3, -0.25) is 4.79 Å². The number of methoxy groups -OCH3 is 1. The monoisotopic (exact) mass is 485 g/mol. The summed E-state index contributed by atoms with van der Waals surface area (Å²) >= 11 is 6.48. The number of aryl methyl sites for hydroxylation is 1. The van der Waals surface area contributed by atoms with E-state index in [2.05, 4.69) is 15.4 Å². The molecule has 0 aliphatic heterocycles. The van der Waals surface area contributed by atoms with E-state index in [-0.39, 0.29) is 22.3 Å². The maximum atomic E-state index is 12.9. The Hall–Kier alpha value is -2.79. The van der Waals surface area contributed by atoms with E-state index in [9.17, 15) is 18.4 Å². The number of amides is 1. The van der Waals surface area contributed by atoms with Crippen molar-refractivity contribution in [2.24, 2.45) is 0 Å². The van der Waals surface area contributed by atoms with Gasteiger partial charge in [0.15, 0.2) is 5.11 Å². The standard InChI is InChI=1S/C21H25F2N3O4S2/c1-6-26(7-2)18(27)16-12(4)15(19(28)29-5)17(32-16)25-21(31)24-14-9-8-13(10-11(14)3)30-20(22)23/h8-10,20H,6-7H2,1-5H3,(H2,24,25,31). The quantitative estimate of drug-likeness (QED) is 0.400. The molecular formula is C21H25F2N3O4S2. The summed E-state index contributed by atoms with van der Waals surface area (Å²) in [5.74, 6) is -0.740. The van der Waals surface area contributed by atoms with Gasteiger partial charge in [0.25, 0.3) is 5.91 Å². The highest BCUT2D eigenvalue weighted by Crippen LogP contribution is 2.35. The number of alkyl halides is 2. The van der Waals surface area contributed by atoms with E-state index in [1.807, 2.05) is 13.8 Å². The Morgan fingerprint density at radius 1 is 1.19 bits per heavy atom. The first-order valence-corrected chi connectivity index (χ1v) is 11.0. The van der Waals surface area contributed by atoms with Gasteiger partial charge in [0.05, 0.1) is 17.6 Å². The predicted molar refractivity (Wildman–Crippen MR) is 125 cm³/mol. The lowest BCUT2D eigenvalue weighted by Gasteiger charge is -2.18. The van der Waals surface area contributed by atoms with Crippen molar-refractivity contribution in [2.75, 3.05) is 30.8 Å². The molecule has 2 rings (SSSR count). The molecule has 0 fully saturated rings. The molecule has 7 nitrogen and oxygen atoms in total. The Kier molecular flexibility index (Phi) is 8.90. The lowest BCUT2D eigenvalue weighted by Crippen LogP contribution is -2.30. The van der Waals surface area contributed by atoms with Crippen molar-refractivity contribution < 1.29 is 27.8 Å². The summed E-state index contributed by atoms with van der Waals surface area (Å²) < 4.78 is 34.1. The van der Waals surface area contributed by atoms with Gasteiger partial charge < -0.3 is 25.0 Å². The average Bonchev–Trinajstić information content (AvgIpc) is 3.05. The molecule has 32 heavy (non-hydrogen) atoms. The van der Waals surface area contributed by atoms with Gasteiger partial charge in [-0.1, -0.05) is 0 Å². The van der Waals surface area contributed by atoms with E-state index in [1.165, 1.54) is 19.2 Å². The summed E-state index contributed by atoms with van der Waals surface area (Å²) in [6, 6.07) is 4.39. The second-order valence-electron chi connectivity index (χ2n) is 6.66. The highest BCUT2D eigenvalue weighted by molar-refractivity contribution is 7.80. The number of nitrogens with zero attached hydrogens (tertiary/aromatic N) is 1.